The van der Waals surface area contributed by atoms with Gasteiger partial charge in [-0.1, -0.05) is 39.8 Å². The molecule has 150 valence electrons. The van der Waals surface area contributed by atoms with Gasteiger partial charge in [-0.2, -0.15) is 0 Å². The summed E-state index contributed by atoms with van der Waals surface area (Å²) in [5, 5.41) is 9.92. The van der Waals surface area contributed by atoms with Gasteiger partial charge in [-0.25, -0.2) is 0 Å². The predicted molar refractivity (Wildman–Crippen MR) is 107 cm³/mol. The number of hydrogen-bond acceptors (Lipinski definition) is 4. The number of allylic oxidation sites excluding steroid dienone is 2. The molecule has 0 aliphatic heterocycles. The summed E-state index contributed by atoms with van der Waals surface area (Å²) in [5.41, 5.74) is 0. The lowest BCUT2D eigenvalue weighted by atomic mass is 9.62. The van der Waals surface area contributed by atoms with Crippen LogP contribution < -0.4 is 0 Å². The van der Waals surface area contributed by atoms with Gasteiger partial charge in [0.15, 0.2) is 8.32 Å². The molecule has 6 atom stereocenters. The summed E-state index contributed by atoms with van der Waals surface area (Å²) in [4.78, 5) is 12.8. The molecule has 3 unspecified atom stereocenters. The highest BCUT2D eigenvalue weighted by molar-refractivity contribution is 6.74. The van der Waals surface area contributed by atoms with Crippen LogP contribution in [0.4, 0.5) is 0 Å². The minimum Gasteiger partial charge on any atom is -0.466 e. The predicted octanol–water partition coefficient (Wildman–Crippen LogP) is 4.40. The van der Waals surface area contributed by atoms with Crippen LogP contribution in [-0.4, -0.2) is 38.7 Å². The molecule has 0 aromatic rings. The molecule has 0 heterocycles. The first-order valence-electron chi connectivity index (χ1n) is 10.2. The van der Waals surface area contributed by atoms with E-state index in [0.29, 0.717) is 6.61 Å². The zero-order chi connectivity index (χ0) is 19.7. The van der Waals surface area contributed by atoms with Gasteiger partial charge in [0, 0.05) is 18.6 Å². The van der Waals surface area contributed by atoms with Crippen molar-refractivity contribution in [2.24, 2.45) is 29.6 Å². The number of fused-ring (bicyclic) bond motifs is 1. The number of carbonyl (C=O) groups excluding carboxylic acids is 1. The molecule has 0 saturated heterocycles. The van der Waals surface area contributed by atoms with Gasteiger partial charge in [-0.05, 0) is 55.7 Å². The van der Waals surface area contributed by atoms with Gasteiger partial charge < -0.3 is 14.3 Å². The van der Waals surface area contributed by atoms with Gasteiger partial charge in [0.2, 0.25) is 0 Å². The van der Waals surface area contributed by atoms with E-state index >= 15 is 0 Å². The fourth-order valence-electron chi connectivity index (χ4n) is 4.33. The number of aliphatic hydroxyl groups is 1. The van der Waals surface area contributed by atoms with E-state index in [1.807, 2.05) is 6.92 Å². The molecular weight excluding hydrogens is 344 g/mol. The smallest absolute Gasteiger partial charge is 0.309 e. The fraction of sp³-hybridized carbons (Fsp3) is 0.857. The van der Waals surface area contributed by atoms with Gasteiger partial charge >= 0.3 is 5.97 Å². The molecule has 1 N–H and O–H groups in total. The fourth-order valence-corrected chi connectivity index (χ4v) is 5.70. The standard InChI is InChI=1S/C21H38O4Si/c1-8-24-20(23)18-14(2)9-10-16-11-15(13-22)12-17(19(16)18)25-26(6,7)21(3,4)5/h9-10,14-19,22H,8,11-13H2,1-7H3/t14-,15-,16?,17?,18-,19?/m0/s1. The Hall–Kier alpha value is -0.653. The van der Waals surface area contributed by atoms with Crippen molar-refractivity contribution >= 4 is 14.3 Å². The molecule has 0 amide bonds. The van der Waals surface area contributed by atoms with Crippen molar-refractivity contribution in [3.8, 4) is 0 Å². The molecule has 0 aromatic heterocycles. The third-order valence-corrected chi connectivity index (χ3v) is 11.3. The number of ether oxygens (including phenoxy) is 1. The Kier molecular flexibility index (Phi) is 6.79. The van der Waals surface area contributed by atoms with Crippen LogP contribution in [0.15, 0.2) is 12.2 Å². The Balaban J connectivity index is 2.36. The Labute approximate surface area is 160 Å². The zero-order valence-electron chi connectivity index (χ0n) is 17.6. The minimum atomic E-state index is -1.97. The maximum Gasteiger partial charge on any atom is 0.309 e. The van der Waals surface area contributed by atoms with E-state index < -0.39 is 8.32 Å². The van der Waals surface area contributed by atoms with Gasteiger partial charge in [-0.15, -0.1) is 0 Å². The van der Waals surface area contributed by atoms with Crippen LogP contribution >= 0.6 is 0 Å². The molecule has 0 spiro atoms. The Morgan fingerprint density at radius 2 is 1.88 bits per heavy atom. The lowest BCUT2D eigenvalue weighted by molar-refractivity contribution is -0.157. The monoisotopic (exact) mass is 382 g/mol. The number of rotatable bonds is 5. The van der Waals surface area contributed by atoms with Gasteiger partial charge in [-0.3, -0.25) is 4.79 Å². The molecule has 5 heteroatoms. The first-order chi connectivity index (χ1) is 12.0. The van der Waals surface area contributed by atoms with Crippen molar-refractivity contribution in [2.45, 2.75) is 71.7 Å². The second-order valence-electron chi connectivity index (χ2n) is 9.70. The highest BCUT2D eigenvalue weighted by Gasteiger charge is 2.50. The number of aliphatic hydroxyl groups excluding tert-OH is 1. The van der Waals surface area contributed by atoms with Crippen molar-refractivity contribution < 1.29 is 19.1 Å². The molecule has 0 aromatic carbocycles. The Morgan fingerprint density at radius 3 is 2.42 bits per heavy atom. The van der Waals surface area contributed by atoms with Crippen LogP contribution in [0.25, 0.3) is 0 Å². The highest BCUT2D eigenvalue weighted by atomic mass is 28.4. The average Bonchev–Trinajstić information content (AvgIpc) is 2.53. The quantitative estimate of drug-likeness (QED) is 0.435. The topological polar surface area (TPSA) is 55.8 Å². The molecule has 1 saturated carbocycles. The lowest BCUT2D eigenvalue weighted by Crippen LogP contribution is -2.53. The van der Waals surface area contributed by atoms with E-state index in [2.05, 4.69) is 52.9 Å². The number of hydrogen-bond donors (Lipinski definition) is 1. The highest BCUT2D eigenvalue weighted by Crippen LogP contribution is 2.49. The molecule has 2 rings (SSSR count). The SMILES string of the molecule is CCOC(=O)[C@@H]1C2C(C=C[C@@H]1C)C[C@H](CO)CC2O[Si](C)(C)C(C)(C)C. The van der Waals surface area contributed by atoms with Crippen LogP contribution in [0.5, 0.6) is 0 Å². The maximum absolute atomic E-state index is 12.8. The lowest BCUT2D eigenvalue weighted by Gasteiger charge is -2.50. The van der Waals surface area contributed by atoms with Gasteiger partial charge in [0.25, 0.3) is 0 Å². The van der Waals surface area contributed by atoms with Crippen LogP contribution in [0, 0.1) is 29.6 Å². The third-order valence-electron chi connectivity index (χ3n) is 6.81. The summed E-state index contributed by atoms with van der Waals surface area (Å²) in [5.74, 6) is 0.579. The minimum absolute atomic E-state index is 0.00796. The second kappa shape index (κ2) is 8.15. The first-order valence-corrected chi connectivity index (χ1v) is 13.1. The summed E-state index contributed by atoms with van der Waals surface area (Å²) in [6, 6.07) is 0. The summed E-state index contributed by atoms with van der Waals surface area (Å²) in [6.07, 6.45) is 6.19. The molecule has 1 fully saturated rings. The van der Waals surface area contributed by atoms with E-state index in [1.165, 1.54) is 0 Å². The maximum atomic E-state index is 12.8. The van der Waals surface area contributed by atoms with Crippen LogP contribution in [0.1, 0.15) is 47.5 Å². The number of esters is 1. The molecule has 0 bridgehead atoms. The van der Waals surface area contributed by atoms with E-state index in [4.69, 9.17) is 9.16 Å². The molecule has 4 nitrogen and oxygen atoms in total. The summed E-state index contributed by atoms with van der Waals surface area (Å²) in [7, 11) is -1.97. The molecule has 2 aliphatic rings. The third kappa shape index (κ3) is 4.42. The Bertz CT molecular complexity index is 523. The summed E-state index contributed by atoms with van der Waals surface area (Å²) in [6.45, 7) is 15.9. The van der Waals surface area contributed by atoms with Crippen LogP contribution in [0.2, 0.25) is 18.1 Å². The van der Waals surface area contributed by atoms with Gasteiger partial charge in [0.05, 0.1) is 12.5 Å². The van der Waals surface area contributed by atoms with Crippen LogP contribution in [-0.2, 0) is 14.0 Å². The number of carbonyl (C=O) groups is 1. The zero-order valence-corrected chi connectivity index (χ0v) is 18.6. The molecule has 26 heavy (non-hydrogen) atoms. The second-order valence-corrected chi connectivity index (χ2v) is 14.5. The molecule has 2 aliphatic carbocycles. The van der Waals surface area contributed by atoms with Crippen molar-refractivity contribution in [3.63, 3.8) is 0 Å². The largest absolute Gasteiger partial charge is 0.466 e. The van der Waals surface area contributed by atoms with E-state index in [0.717, 1.165) is 12.8 Å². The first kappa shape index (κ1) is 21.6. The van der Waals surface area contributed by atoms with Crippen LogP contribution in [0.3, 0.4) is 0 Å². The van der Waals surface area contributed by atoms with Crippen molar-refractivity contribution in [2.75, 3.05) is 13.2 Å². The Morgan fingerprint density at radius 1 is 1.23 bits per heavy atom. The summed E-state index contributed by atoms with van der Waals surface area (Å²) >= 11 is 0. The van der Waals surface area contributed by atoms with Crippen molar-refractivity contribution in [1.82, 2.24) is 0 Å². The summed E-state index contributed by atoms with van der Waals surface area (Å²) < 4.78 is 12.3. The molecular formula is C21H38O4Si. The average molecular weight is 383 g/mol. The van der Waals surface area contributed by atoms with E-state index in [9.17, 15) is 9.90 Å². The molecule has 0 radical (unpaired) electrons. The van der Waals surface area contributed by atoms with E-state index in [-0.39, 0.29) is 53.3 Å². The normalized spacial score (nSPS) is 35.1. The van der Waals surface area contributed by atoms with Gasteiger partial charge in [0.1, 0.15) is 0 Å². The van der Waals surface area contributed by atoms with Crippen molar-refractivity contribution in [3.05, 3.63) is 12.2 Å². The van der Waals surface area contributed by atoms with Crippen molar-refractivity contribution in [1.29, 1.82) is 0 Å². The van der Waals surface area contributed by atoms with E-state index in [1.54, 1.807) is 0 Å².